The average molecular weight is 288 g/mol. The minimum absolute atomic E-state index is 0.0748. The zero-order chi connectivity index (χ0) is 14.8. The van der Waals surface area contributed by atoms with Crippen molar-refractivity contribution in [3.8, 4) is 0 Å². The van der Waals surface area contributed by atoms with Crippen molar-refractivity contribution in [3.05, 3.63) is 0 Å². The van der Waals surface area contributed by atoms with Gasteiger partial charge in [-0.2, -0.15) is 0 Å². The third kappa shape index (κ3) is 6.72. The number of rotatable bonds is 8. The molecular weight excluding hydrogens is 264 g/mol. The molecule has 116 valence electrons. The molecule has 0 aromatic carbocycles. The monoisotopic (exact) mass is 288 g/mol. The summed E-state index contributed by atoms with van der Waals surface area (Å²) in [6, 6.07) is -0.167. The summed E-state index contributed by atoms with van der Waals surface area (Å²) in [4.78, 5) is 24.1. The highest BCUT2D eigenvalue weighted by atomic mass is 16.5. The SMILES string of the molecule is CCCOCCCNC(=O)N1CCOC(CC(=O)O)C1. The maximum absolute atomic E-state index is 11.9. The highest BCUT2D eigenvalue weighted by molar-refractivity contribution is 5.74. The van der Waals surface area contributed by atoms with Gasteiger partial charge < -0.3 is 24.8 Å². The molecule has 20 heavy (non-hydrogen) atoms. The van der Waals surface area contributed by atoms with Gasteiger partial charge in [0.25, 0.3) is 0 Å². The van der Waals surface area contributed by atoms with Crippen molar-refractivity contribution in [3.63, 3.8) is 0 Å². The standard InChI is InChI=1S/C13H24N2O5/c1-2-6-19-7-3-4-14-13(18)15-5-8-20-11(10-15)9-12(16)17/h11H,2-10H2,1H3,(H,14,18)(H,16,17). The lowest BCUT2D eigenvalue weighted by atomic mass is 10.2. The molecule has 0 bridgehead atoms. The van der Waals surface area contributed by atoms with Crippen molar-refractivity contribution in [2.75, 3.05) is 39.5 Å². The number of aliphatic carboxylic acids is 1. The first-order chi connectivity index (χ1) is 9.63. The molecule has 0 saturated carbocycles. The number of amides is 2. The molecule has 1 aliphatic rings. The van der Waals surface area contributed by atoms with E-state index in [1.807, 2.05) is 6.92 Å². The molecule has 1 atom stereocenters. The highest BCUT2D eigenvalue weighted by Crippen LogP contribution is 2.08. The third-order valence-corrected chi connectivity index (χ3v) is 2.92. The second-order valence-electron chi connectivity index (χ2n) is 4.73. The third-order valence-electron chi connectivity index (χ3n) is 2.92. The lowest BCUT2D eigenvalue weighted by molar-refractivity contribution is -0.141. The second kappa shape index (κ2) is 9.55. The van der Waals surface area contributed by atoms with Crippen LogP contribution in [0.1, 0.15) is 26.2 Å². The number of hydrogen-bond acceptors (Lipinski definition) is 4. The fourth-order valence-electron chi connectivity index (χ4n) is 1.95. The van der Waals surface area contributed by atoms with E-state index < -0.39 is 12.1 Å². The molecule has 1 heterocycles. The van der Waals surface area contributed by atoms with Crippen LogP contribution in [0, 0.1) is 0 Å². The maximum Gasteiger partial charge on any atom is 0.317 e. The summed E-state index contributed by atoms with van der Waals surface area (Å²) in [5.74, 6) is -0.912. The first kappa shape index (κ1) is 16.7. The number of morpholine rings is 1. The number of carboxylic acid groups (broad SMARTS) is 1. The van der Waals surface area contributed by atoms with Crippen LogP contribution in [0.15, 0.2) is 0 Å². The van der Waals surface area contributed by atoms with Crippen molar-refractivity contribution in [2.24, 2.45) is 0 Å². The molecule has 1 rings (SSSR count). The molecule has 7 heteroatoms. The average Bonchev–Trinajstić information content (AvgIpc) is 2.42. The molecular formula is C13H24N2O5. The Balaban J connectivity index is 2.17. The van der Waals surface area contributed by atoms with E-state index in [0.29, 0.717) is 32.8 Å². The van der Waals surface area contributed by atoms with Crippen LogP contribution in [0.4, 0.5) is 4.79 Å². The van der Waals surface area contributed by atoms with E-state index in [-0.39, 0.29) is 12.5 Å². The number of urea groups is 1. The van der Waals surface area contributed by atoms with Gasteiger partial charge in [0, 0.05) is 32.8 Å². The van der Waals surface area contributed by atoms with Gasteiger partial charge in [-0.25, -0.2) is 4.79 Å². The first-order valence-electron chi connectivity index (χ1n) is 7.07. The van der Waals surface area contributed by atoms with Crippen LogP contribution in [0.3, 0.4) is 0 Å². The summed E-state index contributed by atoms with van der Waals surface area (Å²) >= 11 is 0. The van der Waals surface area contributed by atoms with E-state index in [0.717, 1.165) is 19.4 Å². The van der Waals surface area contributed by atoms with Crippen LogP contribution in [-0.4, -0.2) is 67.6 Å². The molecule has 0 aromatic rings. The van der Waals surface area contributed by atoms with Gasteiger partial charge >= 0.3 is 12.0 Å². The molecule has 2 amide bonds. The van der Waals surface area contributed by atoms with Gasteiger partial charge in [0.2, 0.25) is 0 Å². The Hall–Kier alpha value is -1.34. The van der Waals surface area contributed by atoms with Gasteiger partial charge in [0.15, 0.2) is 0 Å². The molecule has 0 aromatic heterocycles. The molecule has 7 nitrogen and oxygen atoms in total. The van der Waals surface area contributed by atoms with Gasteiger partial charge in [-0.1, -0.05) is 6.92 Å². The predicted molar refractivity (Wildman–Crippen MR) is 72.7 cm³/mol. The van der Waals surface area contributed by atoms with E-state index in [9.17, 15) is 9.59 Å². The lowest BCUT2D eigenvalue weighted by Gasteiger charge is -2.32. The maximum atomic E-state index is 11.9. The highest BCUT2D eigenvalue weighted by Gasteiger charge is 2.25. The Kier molecular flexibility index (Phi) is 7.98. The van der Waals surface area contributed by atoms with Crippen molar-refractivity contribution in [2.45, 2.75) is 32.3 Å². The molecule has 2 N–H and O–H groups in total. The summed E-state index contributed by atoms with van der Waals surface area (Å²) in [6.07, 6.45) is 1.27. The van der Waals surface area contributed by atoms with Crippen LogP contribution in [0.2, 0.25) is 0 Å². The summed E-state index contributed by atoms with van der Waals surface area (Å²) < 4.78 is 10.6. The van der Waals surface area contributed by atoms with Crippen molar-refractivity contribution < 1.29 is 24.2 Å². The van der Waals surface area contributed by atoms with Crippen LogP contribution >= 0.6 is 0 Å². The minimum Gasteiger partial charge on any atom is -0.481 e. The van der Waals surface area contributed by atoms with Crippen LogP contribution in [0.25, 0.3) is 0 Å². The second-order valence-corrected chi connectivity index (χ2v) is 4.73. The molecule has 0 spiro atoms. The summed E-state index contributed by atoms with van der Waals surface area (Å²) in [7, 11) is 0. The molecule has 1 aliphatic heterocycles. The Labute approximate surface area is 119 Å². The summed E-state index contributed by atoms with van der Waals surface area (Å²) in [5.41, 5.74) is 0. The molecule has 0 aliphatic carbocycles. The molecule has 1 saturated heterocycles. The fraction of sp³-hybridized carbons (Fsp3) is 0.846. The summed E-state index contributed by atoms with van der Waals surface area (Å²) in [5, 5.41) is 11.5. The lowest BCUT2D eigenvalue weighted by Crippen LogP contribution is -2.50. The van der Waals surface area contributed by atoms with Gasteiger partial charge in [-0.3, -0.25) is 4.79 Å². The Morgan fingerprint density at radius 2 is 2.25 bits per heavy atom. The molecule has 0 radical (unpaired) electrons. The predicted octanol–water partition coefficient (Wildman–Crippen LogP) is 0.688. The van der Waals surface area contributed by atoms with Gasteiger partial charge in [0.1, 0.15) is 0 Å². The van der Waals surface area contributed by atoms with Gasteiger partial charge in [-0.05, 0) is 12.8 Å². The number of carbonyl (C=O) groups excluding carboxylic acids is 1. The van der Waals surface area contributed by atoms with Gasteiger partial charge in [0.05, 0.1) is 19.1 Å². The van der Waals surface area contributed by atoms with E-state index in [1.165, 1.54) is 0 Å². The van der Waals surface area contributed by atoms with E-state index in [1.54, 1.807) is 4.90 Å². The summed E-state index contributed by atoms with van der Waals surface area (Å²) in [6.45, 7) is 5.19. The van der Waals surface area contributed by atoms with Gasteiger partial charge in [-0.15, -0.1) is 0 Å². The van der Waals surface area contributed by atoms with Crippen LogP contribution < -0.4 is 5.32 Å². The number of ether oxygens (including phenoxy) is 2. The minimum atomic E-state index is -0.912. The Morgan fingerprint density at radius 1 is 1.45 bits per heavy atom. The number of carboxylic acids is 1. The number of nitrogens with one attached hydrogen (secondary N) is 1. The van der Waals surface area contributed by atoms with Crippen LogP contribution in [0.5, 0.6) is 0 Å². The molecule has 1 unspecified atom stereocenters. The van der Waals surface area contributed by atoms with Crippen molar-refractivity contribution >= 4 is 12.0 Å². The van der Waals surface area contributed by atoms with E-state index in [2.05, 4.69) is 5.32 Å². The number of hydrogen-bond donors (Lipinski definition) is 2. The van der Waals surface area contributed by atoms with Crippen molar-refractivity contribution in [1.82, 2.24) is 10.2 Å². The quantitative estimate of drug-likeness (QED) is 0.642. The normalized spacial score (nSPS) is 18.9. The smallest absolute Gasteiger partial charge is 0.317 e. The Morgan fingerprint density at radius 3 is 2.95 bits per heavy atom. The first-order valence-corrected chi connectivity index (χ1v) is 7.07. The van der Waals surface area contributed by atoms with E-state index >= 15 is 0 Å². The van der Waals surface area contributed by atoms with Crippen LogP contribution in [-0.2, 0) is 14.3 Å². The fourth-order valence-corrected chi connectivity index (χ4v) is 1.95. The largest absolute Gasteiger partial charge is 0.481 e. The zero-order valence-corrected chi connectivity index (χ0v) is 12.0. The Bertz CT molecular complexity index is 311. The number of carbonyl (C=O) groups is 2. The topological polar surface area (TPSA) is 88.1 Å². The number of nitrogens with zero attached hydrogens (tertiary/aromatic N) is 1. The van der Waals surface area contributed by atoms with Crippen molar-refractivity contribution in [1.29, 1.82) is 0 Å². The van der Waals surface area contributed by atoms with E-state index in [4.69, 9.17) is 14.6 Å². The molecule has 1 fully saturated rings. The zero-order valence-electron chi connectivity index (χ0n) is 12.0.